The van der Waals surface area contributed by atoms with Crippen molar-refractivity contribution >= 4 is 58.7 Å². The van der Waals surface area contributed by atoms with Crippen LogP contribution in [0.4, 0.5) is 5.69 Å². The lowest BCUT2D eigenvalue weighted by atomic mass is 9.95. The lowest BCUT2D eigenvalue weighted by molar-refractivity contribution is -0.123. The summed E-state index contributed by atoms with van der Waals surface area (Å²) in [6.45, 7) is 12.4. The van der Waals surface area contributed by atoms with Crippen LogP contribution in [0.25, 0.3) is 11.1 Å². The van der Waals surface area contributed by atoms with Crippen LogP contribution in [-0.4, -0.2) is 19.0 Å². The highest BCUT2D eigenvalue weighted by molar-refractivity contribution is 14.1. The van der Waals surface area contributed by atoms with Crippen molar-refractivity contribution in [3.8, 4) is 0 Å². The van der Waals surface area contributed by atoms with Crippen molar-refractivity contribution in [1.82, 2.24) is 4.98 Å². The van der Waals surface area contributed by atoms with Crippen LogP contribution in [-0.2, 0) is 4.79 Å². The monoisotopic (exact) mass is 416 g/mol. The summed E-state index contributed by atoms with van der Waals surface area (Å²) in [4.78, 5) is 16.7. The summed E-state index contributed by atoms with van der Waals surface area (Å²) in [7, 11) is -1.56. The highest BCUT2D eigenvalue weighted by atomic mass is 127. The number of hydrogen-bond donors (Lipinski definition) is 1. The van der Waals surface area contributed by atoms with Crippen molar-refractivity contribution in [1.29, 1.82) is 0 Å². The van der Waals surface area contributed by atoms with Crippen molar-refractivity contribution in [3.05, 3.63) is 15.8 Å². The maximum atomic E-state index is 12.3. The largest absolute Gasteiger partial charge is 0.462 e. The molecule has 0 spiro atoms. The van der Waals surface area contributed by atoms with E-state index in [1.165, 1.54) is 0 Å². The van der Waals surface area contributed by atoms with Gasteiger partial charge in [0, 0.05) is 17.7 Å². The number of aromatic nitrogens is 1. The van der Waals surface area contributed by atoms with Gasteiger partial charge < -0.3 is 9.73 Å². The van der Waals surface area contributed by atoms with Gasteiger partial charge in [-0.25, -0.2) is 0 Å². The molecule has 2 aromatic heterocycles. The molecule has 1 amide bonds. The van der Waals surface area contributed by atoms with E-state index in [1.807, 2.05) is 26.8 Å². The number of rotatable bonds is 2. The predicted octanol–water partition coefficient (Wildman–Crippen LogP) is 3.96. The Balaban J connectivity index is 2.55. The second-order valence-electron chi connectivity index (χ2n) is 7.26. The van der Waals surface area contributed by atoms with Crippen LogP contribution in [0.3, 0.4) is 0 Å². The summed E-state index contributed by atoms with van der Waals surface area (Å²) in [5.74, 6) is -0.0288. The molecule has 0 saturated carbocycles. The summed E-state index contributed by atoms with van der Waals surface area (Å²) in [6, 6.07) is 2.00. The average molecular weight is 416 g/mol. The predicted molar refractivity (Wildman–Crippen MR) is 97.8 cm³/mol. The molecule has 0 bridgehead atoms. The number of nitrogens with one attached hydrogen (secondary N) is 1. The number of pyridine rings is 1. The standard InChI is InChI=1S/C15H21IN2O2Si/c1-15(2,3)14(19)18-12-9(16)8-17-10-7-11(20-13(10)12)21(4,5)6/h7-8H,1-6H3,(H,17,18,19). The van der Waals surface area contributed by atoms with Crippen LogP contribution in [0.5, 0.6) is 0 Å². The number of furan rings is 1. The molecular formula is C15H21IN2O2Si. The number of halogens is 1. The van der Waals surface area contributed by atoms with E-state index in [0.717, 1.165) is 20.2 Å². The molecule has 0 saturated heterocycles. The molecule has 21 heavy (non-hydrogen) atoms. The van der Waals surface area contributed by atoms with Gasteiger partial charge in [0.25, 0.3) is 0 Å². The number of nitrogens with zero attached hydrogens (tertiary/aromatic N) is 1. The van der Waals surface area contributed by atoms with E-state index >= 15 is 0 Å². The van der Waals surface area contributed by atoms with E-state index in [9.17, 15) is 4.79 Å². The van der Waals surface area contributed by atoms with Gasteiger partial charge in [0.05, 0.1) is 8.95 Å². The molecule has 0 aliphatic heterocycles. The third kappa shape index (κ3) is 3.48. The second kappa shape index (κ2) is 5.39. The molecule has 0 aliphatic carbocycles. The Morgan fingerprint density at radius 2 is 1.95 bits per heavy atom. The fourth-order valence-corrected chi connectivity index (χ4v) is 3.24. The first-order chi connectivity index (χ1) is 9.50. The van der Waals surface area contributed by atoms with Gasteiger partial charge in [-0.1, -0.05) is 40.4 Å². The van der Waals surface area contributed by atoms with E-state index in [-0.39, 0.29) is 5.91 Å². The lowest BCUT2D eigenvalue weighted by Gasteiger charge is -2.18. The molecule has 4 nitrogen and oxygen atoms in total. The lowest BCUT2D eigenvalue weighted by Crippen LogP contribution is -2.36. The average Bonchev–Trinajstić information content (AvgIpc) is 2.75. The topological polar surface area (TPSA) is 55.1 Å². The third-order valence-corrected chi connectivity index (χ3v) is 5.70. The molecule has 0 radical (unpaired) electrons. The van der Waals surface area contributed by atoms with Crippen molar-refractivity contribution in [3.63, 3.8) is 0 Å². The summed E-state index contributed by atoms with van der Waals surface area (Å²) < 4.78 is 6.92. The van der Waals surface area contributed by atoms with Gasteiger partial charge in [-0.2, -0.15) is 0 Å². The Morgan fingerprint density at radius 1 is 1.33 bits per heavy atom. The molecule has 114 valence electrons. The van der Waals surface area contributed by atoms with Gasteiger partial charge in [0.15, 0.2) is 5.58 Å². The molecule has 2 heterocycles. The normalized spacial score (nSPS) is 12.7. The zero-order valence-corrected chi connectivity index (χ0v) is 16.5. The highest BCUT2D eigenvalue weighted by Gasteiger charge is 2.26. The van der Waals surface area contributed by atoms with Crippen LogP contribution >= 0.6 is 22.6 Å². The molecule has 0 aliphatic rings. The zero-order chi connectivity index (χ0) is 16.0. The first-order valence-corrected chi connectivity index (χ1v) is 11.5. The molecular weight excluding hydrogens is 395 g/mol. The smallest absolute Gasteiger partial charge is 0.229 e. The number of fused-ring (bicyclic) bond motifs is 1. The number of amides is 1. The van der Waals surface area contributed by atoms with Crippen LogP contribution in [0.2, 0.25) is 19.6 Å². The number of carbonyl (C=O) groups excluding carboxylic acids is 1. The summed E-state index contributed by atoms with van der Waals surface area (Å²) in [6.07, 6.45) is 1.77. The number of hydrogen-bond acceptors (Lipinski definition) is 3. The summed E-state index contributed by atoms with van der Waals surface area (Å²) >= 11 is 2.17. The van der Waals surface area contributed by atoms with Gasteiger partial charge in [0.1, 0.15) is 19.3 Å². The minimum Gasteiger partial charge on any atom is -0.462 e. The van der Waals surface area contributed by atoms with E-state index in [1.54, 1.807) is 6.20 Å². The van der Waals surface area contributed by atoms with Crippen molar-refractivity contribution in [2.75, 3.05) is 5.32 Å². The second-order valence-corrected chi connectivity index (χ2v) is 13.4. The van der Waals surface area contributed by atoms with Gasteiger partial charge in [-0.15, -0.1) is 0 Å². The molecule has 1 N–H and O–H groups in total. The molecule has 0 fully saturated rings. The molecule has 6 heteroatoms. The Bertz CT molecular complexity index is 696. The van der Waals surface area contributed by atoms with Crippen LogP contribution in [0.1, 0.15) is 20.8 Å². The summed E-state index contributed by atoms with van der Waals surface area (Å²) in [5.41, 5.74) is 1.76. The summed E-state index contributed by atoms with van der Waals surface area (Å²) in [5, 5.41) is 3.99. The zero-order valence-electron chi connectivity index (χ0n) is 13.3. The molecule has 0 atom stereocenters. The first kappa shape index (κ1) is 16.5. The van der Waals surface area contributed by atoms with Crippen molar-refractivity contribution in [2.24, 2.45) is 5.41 Å². The van der Waals surface area contributed by atoms with Crippen LogP contribution < -0.4 is 10.7 Å². The minimum atomic E-state index is -1.56. The van der Waals surface area contributed by atoms with E-state index in [4.69, 9.17) is 4.42 Å². The Morgan fingerprint density at radius 3 is 2.48 bits per heavy atom. The first-order valence-electron chi connectivity index (χ1n) is 6.90. The van der Waals surface area contributed by atoms with Crippen LogP contribution in [0.15, 0.2) is 16.7 Å². The van der Waals surface area contributed by atoms with E-state index < -0.39 is 13.5 Å². The number of anilines is 1. The quantitative estimate of drug-likeness (QED) is 0.596. The maximum Gasteiger partial charge on any atom is 0.229 e. The number of carbonyl (C=O) groups is 1. The van der Waals surface area contributed by atoms with Crippen LogP contribution in [0, 0.1) is 8.99 Å². The molecule has 0 aromatic carbocycles. The van der Waals surface area contributed by atoms with Gasteiger partial charge in [0.2, 0.25) is 5.91 Å². The Hall–Kier alpha value is -0.893. The van der Waals surface area contributed by atoms with E-state index in [0.29, 0.717) is 5.58 Å². The Labute approximate surface area is 139 Å². The van der Waals surface area contributed by atoms with Gasteiger partial charge >= 0.3 is 0 Å². The van der Waals surface area contributed by atoms with E-state index in [2.05, 4.69) is 52.5 Å². The minimum absolute atomic E-state index is 0.0288. The fraction of sp³-hybridized carbons (Fsp3) is 0.467. The molecule has 2 rings (SSSR count). The SMILES string of the molecule is CC(C)(C)C(=O)Nc1c(I)cnc2cc([Si](C)(C)C)oc12. The fourth-order valence-electron chi connectivity index (χ4n) is 1.74. The van der Waals surface area contributed by atoms with Crippen molar-refractivity contribution in [2.45, 2.75) is 40.4 Å². The van der Waals surface area contributed by atoms with Crippen molar-refractivity contribution < 1.29 is 9.21 Å². The highest BCUT2D eigenvalue weighted by Crippen LogP contribution is 2.29. The third-order valence-electron chi connectivity index (χ3n) is 3.15. The van der Waals surface area contributed by atoms with Gasteiger partial charge in [-0.05, 0) is 22.6 Å². The molecule has 2 aromatic rings. The molecule has 0 unspecified atom stereocenters. The maximum absolute atomic E-state index is 12.3. The van der Waals surface area contributed by atoms with Gasteiger partial charge in [-0.3, -0.25) is 9.78 Å². The Kier molecular flexibility index (Phi) is 4.23.